The third-order valence-corrected chi connectivity index (χ3v) is 3.26. The van der Waals surface area contributed by atoms with Crippen LogP contribution in [-0.2, 0) is 6.54 Å². The number of halogens is 4. The van der Waals surface area contributed by atoms with Gasteiger partial charge in [0.25, 0.3) is 0 Å². The van der Waals surface area contributed by atoms with Crippen molar-refractivity contribution in [1.29, 1.82) is 0 Å². The predicted molar refractivity (Wildman–Crippen MR) is 72.8 cm³/mol. The van der Waals surface area contributed by atoms with Crippen molar-refractivity contribution in [3.63, 3.8) is 0 Å². The molecule has 0 amide bonds. The fourth-order valence-corrected chi connectivity index (χ4v) is 2.10. The van der Waals surface area contributed by atoms with Gasteiger partial charge in [0, 0.05) is 22.1 Å². The number of anilines is 1. The largest absolute Gasteiger partial charge is 0.380 e. The molecule has 0 aliphatic heterocycles. The Hall–Kier alpha value is -1.13. The van der Waals surface area contributed by atoms with Gasteiger partial charge in [-0.2, -0.15) is 0 Å². The van der Waals surface area contributed by atoms with E-state index in [1.54, 1.807) is 18.2 Å². The van der Waals surface area contributed by atoms with Gasteiger partial charge in [-0.1, -0.05) is 11.6 Å². The van der Waals surface area contributed by atoms with E-state index in [-0.39, 0.29) is 0 Å². The van der Waals surface area contributed by atoms with Crippen molar-refractivity contribution >= 4 is 33.2 Å². The van der Waals surface area contributed by atoms with Gasteiger partial charge >= 0.3 is 0 Å². The summed E-state index contributed by atoms with van der Waals surface area (Å²) >= 11 is 9.23. The normalized spacial score (nSPS) is 10.4. The van der Waals surface area contributed by atoms with Gasteiger partial charge in [0.05, 0.1) is 5.69 Å². The Morgan fingerprint density at radius 1 is 1.06 bits per heavy atom. The highest BCUT2D eigenvalue weighted by Gasteiger charge is 2.03. The Bertz CT molecular complexity index is 555. The zero-order valence-corrected chi connectivity index (χ0v) is 11.5. The first-order valence-corrected chi connectivity index (χ1v) is 6.35. The molecule has 2 aromatic rings. The minimum Gasteiger partial charge on any atom is -0.380 e. The molecule has 0 atom stereocenters. The maximum atomic E-state index is 13.0. The maximum absolute atomic E-state index is 13.0. The summed E-state index contributed by atoms with van der Waals surface area (Å²) in [6.07, 6.45) is 0. The van der Waals surface area contributed by atoms with E-state index in [0.717, 1.165) is 16.2 Å². The van der Waals surface area contributed by atoms with Crippen LogP contribution < -0.4 is 5.32 Å². The first-order valence-electron chi connectivity index (χ1n) is 5.18. The summed E-state index contributed by atoms with van der Waals surface area (Å²) < 4.78 is 26.8. The summed E-state index contributed by atoms with van der Waals surface area (Å²) in [6, 6.07) is 8.71. The molecule has 0 aromatic heterocycles. The second-order valence-corrected chi connectivity index (χ2v) is 5.05. The maximum Gasteiger partial charge on any atom is 0.126 e. The third-order valence-electron chi connectivity index (χ3n) is 2.33. The molecule has 94 valence electrons. The molecule has 0 spiro atoms. The Labute approximate surface area is 117 Å². The molecule has 1 nitrogen and oxygen atoms in total. The van der Waals surface area contributed by atoms with Crippen molar-refractivity contribution in [3.8, 4) is 0 Å². The fourth-order valence-electron chi connectivity index (χ4n) is 1.54. The molecule has 2 aromatic carbocycles. The molecule has 5 heteroatoms. The number of hydrogen-bond acceptors (Lipinski definition) is 1. The topological polar surface area (TPSA) is 12.0 Å². The van der Waals surface area contributed by atoms with Crippen molar-refractivity contribution in [2.45, 2.75) is 6.54 Å². The fraction of sp³-hybridized carbons (Fsp3) is 0.0769. The molecular formula is C13H9BrClF2N. The van der Waals surface area contributed by atoms with Crippen LogP contribution in [-0.4, -0.2) is 0 Å². The van der Waals surface area contributed by atoms with E-state index in [0.29, 0.717) is 17.1 Å². The molecule has 18 heavy (non-hydrogen) atoms. The molecular weight excluding hydrogens is 324 g/mol. The Kier molecular flexibility index (Phi) is 4.19. The van der Waals surface area contributed by atoms with Crippen LogP contribution in [0.1, 0.15) is 5.56 Å². The van der Waals surface area contributed by atoms with E-state index in [4.69, 9.17) is 11.6 Å². The molecule has 0 radical (unpaired) electrons. The second-order valence-electron chi connectivity index (χ2n) is 3.76. The highest BCUT2D eigenvalue weighted by molar-refractivity contribution is 9.10. The molecule has 0 bridgehead atoms. The van der Waals surface area contributed by atoms with Crippen LogP contribution in [0.5, 0.6) is 0 Å². The Morgan fingerprint density at radius 2 is 1.72 bits per heavy atom. The smallest absolute Gasteiger partial charge is 0.126 e. The van der Waals surface area contributed by atoms with E-state index >= 15 is 0 Å². The number of rotatable bonds is 3. The van der Waals surface area contributed by atoms with Crippen molar-refractivity contribution in [2.24, 2.45) is 0 Å². The lowest BCUT2D eigenvalue weighted by molar-refractivity contribution is 0.580. The summed E-state index contributed by atoms with van der Waals surface area (Å²) in [5.74, 6) is -1.17. The molecule has 0 aliphatic carbocycles. The standard InChI is InChI=1S/C13H9BrClF2N/c14-12-2-1-9(15)5-13(12)18-7-8-3-10(16)6-11(17)4-8/h1-6,18H,7H2. The molecule has 0 saturated heterocycles. The van der Waals surface area contributed by atoms with Crippen molar-refractivity contribution in [3.05, 3.63) is 63.1 Å². The lowest BCUT2D eigenvalue weighted by Gasteiger charge is -2.09. The van der Waals surface area contributed by atoms with Crippen LogP contribution in [0.2, 0.25) is 5.02 Å². The summed E-state index contributed by atoms with van der Waals surface area (Å²) in [7, 11) is 0. The second kappa shape index (κ2) is 5.67. The van der Waals surface area contributed by atoms with Crippen LogP contribution in [0, 0.1) is 11.6 Å². The zero-order chi connectivity index (χ0) is 13.1. The van der Waals surface area contributed by atoms with Gasteiger partial charge in [-0.05, 0) is 51.8 Å². The van der Waals surface area contributed by atoms with Crippen molar-refractivity contribution in [2.75, 3.05) is 5.32 Å². The summed E-state index contributed by atoms with van der Waals surface area (Å²) in [4.78, 5) is 0. The van der Waals surface area contributed by atoms with Gasteiger partial charge in [-0.3, -0.25) is 0 Å². The van der Waals surface area contributed by atoms with Crippen LogP contribution in [0.3, 0.4) is 0 Å². The number of benzene rings is 2. The first-order chi connectivity index (χ1) is 8.54. The minimum absolute atomic E-state index is 0.313. The van der Waals surface area contributed by atoms with E-state index in [1.807, 2.05) is 0 Å². The van der Waals surface area contributed by atoms with Gasteiger partial charge in [0.15, 0.2) is 0 Å². The van der Waals surface area contributed by atoms with Crippen LogP contribution >= 0.6 is 27.5 Å². The molecule has 0 saturated carbocycles. The predicted octanol–water partition coefficient (Wildman–Crippen LogP) is 4.99. The van der Waals surface area contributed by atoms with Crippen LogP contribution in [0.25, 0.3) is 0 Å². The Balaban J connectivity index is 2.13. The summed E-state index contributed by atoms with van der Waals surface area (Å²) in [5, 5.41) is 3.65. The minimum atomic E-state index is -0.586. The van der Waals surface area contributed by atoms with Gasteiger partial charge in [-0.15, -0.1) is 0 Å². The molecule has 0 aliphatic rings. The molecule has 0 heterocycles. The van der Waals surface area contributed by atoms with E-state index in [2.05, 4.69) is 21.2 Å². The molecule has 0 fully saturated rings. The lowest BCUT2D eigenvalue weighted by Crippen LogP contribution is -2.01. The highest BCUT2D eigenvalue weighted by Crippen LogP contribution is 2.26. The van der Waals surface area contributed by atoms with Crippen molar-refractivity contribution < 1.29 is 8.78 Å². The number of nitrogens with one attached hydrogen (secondary N) is 1. The first kappa shape index (κ1) is 13.3. The number of hydrogen-bond donors (Lipinski definition) is 1. The molecule has 2 rings (SSSR count). The van der Waals surface area contributed by atoms with Gasteiger partial charge in [0.1, 0.15) is 11.6 Å². The van der Waals surface area contributed by atoms with Gasteiger partial charge in [0.2, 0.25) is 0 Å². The quantitative estimate of drug-likeness (QED) is 0.834. The average molecular weight is 333 g/mol. The SMILES string of the molecule is Fc1cc(F)cc(CNc2cc(Cl)ccc2Br)c1. The Morgan fingerprint density at radius 3 is 2.39 bits per heavy atom. The van der Waals surface area contributed by atoms with Crippen LogP contribution in [0.15, 0.2) is 40.9 Å². The van der Waals surface area contributed by atoms with Gasteiger partial charge in [-0.25, -0.2) is 8.78 Å². The van der Waals surface area contributed by atoms with Gasteiger partial charge < -0.3 is 5.32 Å². The zero-order valence-electron chi connectivity index (χ0n) is 9.18. The van der Waals surface area contributed by atoms with Crippen LogP contribution in [0.4, 0.5) is 14.5 Å². The van der Waals surface area contributed by atoms with Crippen molar-refractivity contribution in [1.82, 2.24) is 0 Å². The third kappa shape index (κ3) is 3.43. The van der Waals surface area contributed by atoms with E-state index < -0.39 is 11.6 Å². The molecule has 0 unspecified atom stereocenters. The average Bonchev–Trinajstić information content (AvgIpc) is 2.29. The van der Waals surface area contributed by atoms with E-state index in [9.17, 15) is 8.78 Å². The van der Waals surface area contributed by atoms with E-state index in [1.165, 1.54) is 12.1 Å². The monoisotopic (exact) mass is 331 g/mol. The lowest BCUT2D eigenvalue weighted by atomic mass is 10.2. The summed E-state index contributed by atoms with van der Waals surface area (Å²) in [5.41, 5.74) is 1.30. The molecule has 1 N–H and O–H groups in total. The summed E-state index contributed by atoms with van der Waals surface area (Å²) in [6.45, 7) is 0.313. The highest BCUT2D eigenvalue weighted by atomic mass is 79.9.